The van der Waals surface area contributed by atoms with E-state index in [4.69, 9.17) is 10.5 Å². The van der Waals surface area contributed by atoms with Crippen LogP contribution < -0.4 is 16.6 Å². The number of benzene rings is 1. The van der Waals surface area contributed by atoms with Gasteiger partial charge < -0.3 is 10.5 Å². The predicted octanol–water partition coefficient (Wildman–Crippen LogP) is 3.24. The van der Waals surface area contributed by atoms with Gasteiger partial charge in [0, 0.05) is 16.3 Å². The van der Waals surface area contributed by atoms with Crippen molar-refractivity contribution >= 4 is 15.9 Å². The molecule has 0 amide bonds. The number of hydrogen-bond donors (Lipinski definition) is 3. The fourth-order valence-corrected chi connectivity index (χ4v) is 4.66. The van der Waals surface area contributed by atoms with Crippen molar-refractivity contribution in [3.63, 3.8) is 0 Å². The molecule has 3 aliphatic rings. The number of allylic oxidation sites excluding steroid dienone is 3. The van der Waals surface area contributed by atoms with Crippen molar-refractivity contribution in [2.24, 2.45) is 23.5 Å². The third-order valence-electron chi connectivity index (χ3n) is 5.55. The highest BCUT2D eigenvalue weighted by Gasteiger charge is 2.50. The Kier molecular flexibility index (Phi) is 4.55. The van der Waals surface area contributed by atoms with Crippen LogP contribution in [-0.2, 0) is 4.74 Å². The number of nitriles is 1. The molecule has 5 nitrogen and oxygen atoms in total. The van der Waals surface area contributed by atoms with Crippen molar-refractivity contribution in [2.45, 2.75) is 31.5 Å². The Morgan fingerprint density at radius 2 is 2.00 bits per heavy atom. The van der Waals surface area contributed by atoms with E-state index in [1.165, 1.54) is 5.56 Å². The zero-order valence-corrected chi connectivity index (χ0v) is 15.4. The summed E-state index contributed by atoms with van der Waals surface area (Å²) in [6.45, 7) is 0. The van der Waals surface area contributed by atoms with Crippen LogP contribution in [0.15, 0.2) is 52.3 Å². The van der Waals surface area contributed by atoms with Crippen LogP contribution in [0.4, 0.5) is 0 Å². The molecule has 5 unspecified atom stereocenters. The highest BCUT2D eigenvalue weighted by Crippen LogP contribution is 2.48. The molecule has 25 heavy (non-hydrogen) atoms. The normalized spacial score (nSPS) is 34.3. The molecule has 2 heterocycles. The topological polar surface area (TPSA) is 83.1 Å². The van der Waals surface area contributed by atoms with Crippen molar-refractivity contribution in [2.75, 3.05) is 0 Å². The van der Waals surface area contributed by atoms with Gasteiger partial charge >= 0.3 is 0 Å². The maximum Gasteiger partial charge on any atom is 0.200 e. The van der Waals surface area contributed by atoms with Crippen molar-refractivity contribution in [1.82, 2.24) is 10.9 Å². The molecule has 4 N–H and O–H groups in total. The smallest absolute Gasteiger partial charge is 0.200 e. The van der Waals surface area contributed by atoms with Crippen LogP contribution in [0.1, 0.15) is 30.9 Å². The fourth-order valence-electron chi connectivity index (χ4n) is 4.40. The van der Waals surface area contributed by atoms with E-state index < -0.39 is 0 Å². The van der Waals surface area contributed by atoms with Gasteiger partial charge in [-0.15, -0.1) is 0 Å². The second kappa shape index (κ2) is 6.83. The Labute approximate surface area is 156 Å². The molecule has 1 saturated heterocycles. The standard InChI is InChI=1S/C19H21BrN4O/c20-13-8-6-12(7-9-13)17-16-15(11-4-2-1-3-5-11)14(10-21)18(22)25-19(16)24-23-17/h1-2,6-9,11,15-17,19,23-24H,3-5,22H2. The molecule has 130 valence electrons. The average molecular weight is 401 g/mol. The van der Waals surface area contributed by atoms with Gasteiger partial charge in [0.15, 0.2) is 12.1 Å². The van der Waals surface area contributed by atoms with E-state index >= 15 is 0 Å². The number of halogens is 1. The van der Waals surface area contributed by atoms with Crippen molar-refractivity contribution < 1.29 is 4.74 Å². The summed E-state index contributed by atoms with van der Waals surface area (Å²) >= 11 is 3.49. The lowest BCUT2D eigenvalue weighted by molar-refractivity contribution is 0.00482. The van der Waals surface area contributed by atoms with E-state index in [1.807, 2.05) is 12.1 Å². The third kappa shape index (κ3) is 2.97. The van der Waals surface area contributed by atoms with Crippen LogP contribution in [0.2, 0.25) is 0 Å². The number of rotatable bonds is 2. The van der Waals surface area contributed by atoms with Crippen LogP contribution in [0.5, 0.6) is 0 Å². The molecule has 5 atom stereocenters. The lowest BCUT2D eigenvalue weighted by atomic mass is 9.68. The minimum absolute atomic E-state index is 0.0745. The Balaban J connectivity index is 1.73. The van der Waals surface area contributed by atoms with Gasteiger partial charge in [0.1, 0.15) is 6.07 Å². The molecule has 1 fully saturated rings. The van der Waals surface area contributed by atoms with Crippen molar-refractivity contribution in [1.29, 1.82) is 5.26 Å². The Bertz CT molecular complexity index is 752. The van der Waals surface area contributed by atoms with Gasteiger partial charge in [-0.3, -0.25) is 0 Å². The lowest BCUT2D eigenvalue weighted by Gasteiger charge is -2.40. The molecule has 1 aromatic rings. The minimum Gasteiger partial charge on any atom is -0.458 e. The van der Waals surface area contributed by atoms with Gasteiger partial charge in [0.25, 0.3) is 0 Å². The first kappa shape index (κ1) is 16.6. The Morgan fingerprint density at radius 1 is 1.20 bits per heavy atom. The molecular weight excluding hydrogens is 380 g/mol. The van der Waals surface area contributed by atoms with Crippen molar-refractivity contribution in [3.8, 4) is 6.07 Å². The quantitative estimate of drug-likeness (QED) is 0.663. The number of nitrogens with zero attached hydrogens (tertiary/aromatic N) is 1. The SMILES string of the molecule is N#CC1=C(N)OC2NNC(c3ccc(Br)cc3)C2C1C1CC=CCC1. The van der Waals surface area contributed by atoms with Crippen LogP contribution in [0.25, 0.3) is 0 Å². The van der Waals surface area contributed by atoms with Gasteiger partial charge in [0.05, 0.1) is 11.6 Å². The minimum atomic E-state index is -0.221. The molecule has 0 saturated carbocycles. The maximum atomic E-state index is 9.74. The van der Waals surface area contributed by atoms with E-state index in [-0.39, 0.29) is 30.0 Å². The molecule has 0 bridgehead atoms. The molecule has 1 aliphatic carbocycles. The Morgan fingerprint density at radius 3 is 2.68 bits per heavy atom. The van der Waals surface area contributed by atoms with Crippen molar-refractivity contribution in [3.05, 3.63) is 57.9 Å². The van der Waals surface area contributed by atoms with E-state index in [1.54, 1.807) is 0 Å². The first-order chi connectivity index (χ1) is 12.2. The van der Waals surface area contributed by atoms with E-state index in [2.05, 4.69) is 57.1 Å². The maximum absolute atomic E-state index is 9.74. The fraction of sp³-hybridized carbons (Fsp3) is 0.421. The largest absolute Gasteiger partial charge is 0.458 e. The summed E-state index contributed by atoms with van der Waals surface area (Å²) in [5.41, 5.74) is 14.5. The van der Waals surface area contributed by atoms with Gasteiger partial charge in [-0.25, -0.2) is 10.9 Å². The Hall–Kier alpha value is -1.81. The average Bonchev–Trinajstić information content (AvgIpc) is 3.05. The second-order valence-corrected chi connectivity index (χ2v) is 7.81. The molecular formula is C19H21BrN4O. The van der Waals surface area contributed by atoms with Crippen LogP contribution in [-0.4, -0.2) is 6.23 Å². The molecule has 4 rings (SSSR count). The highest BCUT2D eigenvalue weighted by atomic mass is 79.9. The molecule has 0 radical (unpaired) electrons. The van der Waals surface area contributed by atoms with E-state index in [0.717, 1.165) is 23.7 Å². The summed E-state index contributed by atoms with van der Waals surface area (Å²) in [4.78, 5) is 0. The molecule has 0 aromatic heterocycles. The number of hydrazine groups is 1. The number of hydrogen-bond acceptors (Lipinski definition) is 5. The summed E-state index contributed by atoms with van der Waals surface area (Å²) in [5.74, 6) is 0.896. The van der Waals surface area contributed by atoms with Crippen LogP contribution >= 0.6 is 15.9 Å². The first-order valence-electron chi connectivity index (χ1n) is 8.67. The number of nitrogens with two attached hydrogens (primary N) is 1. The summed E-state index contributed by atoms with van der Waals surface area (Å²) in [6.07, 6.45) is 7.36. The zero-order chi connectivity index (χ0) is 17.4. The van der Waals surface area contributed by atoms with E-state index in [9.17, 15) is 5.26 Å². The molecule has 2 aliphatic heterocycles. The highest BCUT2D eigenvalue weighted by molar-refractivity contribution is 9.10. The third-order valence-corrected chi connectivity index (χ3v) is 6.08. The lowest BCUT2D eigenvalue weighted by Crippen LogP contribution is -2.44. The second-order valence-electron chi connectivity index (χ2n) is 6.89. The zero-order valence-electron chi connectivity index (χ0n) is 13.8. The van der Waals surface area contributed by atoms with Gasteiger partial charge in [0.2, 0.25) is 0 Å². The molecule has 1 aromatic carbocycles. The molecule has 0 spiro atoms. The van der Waals surface area contributed by atoms with Gasteiger partial charge in [-0.05, 0) is 42.9 Å². The first-order valence-corrected chi connectivity index (χ1v) is 9.46. The molecule has 6 heteroatoms. The number of nitrogens with one attached hydrogen (secondary N) is 2. The number of fused-ring (bicyclic) bond motifs is 1. The van der Waals surface area contributed by atoms with Gasteiger partial charge in [-0.2, -0.15) is 5.26 Å². The summed E-state index contributed by atoms with van der Waals surface area (Å²) in [7, 11) is 0. The summed E-state index contributed by atoms with van der Waals surface area (Å²) in [6, 6.07) is 10.7. The van der Waals surface area contributed by atoms with Crippen LogP contribution in [0, 0.1) is 29.1 Å². The summed E-state index contributed by atoms with van der Waals surface area (Å²) < 4.78 is 6.89. The van der Waals surface area contributed by atoms with E-state index in [0.29, 0.717) is 11.5 Å². The summed E-state index contributed by atoms with van der Waals surface area (Å²) in [5, 5.41) is 9.74. The predicted molar refractivity (Wildman–Crippen MR) is 98.3 cm³/mol. The monoisotopic (exact) mass is 400 g/mol. The van der Waals surface area contributed by atoms with Crippen LogP contribution in [0.3, 0.4) is 0 Å². The van der Waals surface area contributed by atoms with Gasteiger partial charge in [-0.1, -0.05) is 40.2 Å². The number of ether oxygens (including phenoxy) is 1.